The fourth-order valence-electron chi connectivity index (χ4n) is 2.47. The third kappa shape index (κ3) is 2.29. The highest BCUT2D eigenvalue weighted by molar-refractivity contribution is 4.93. The van der Waals surface area contributed by atoms with Crippen LogP contribution in [0.1, 0.15) is 39.5 Å². The van der Waals surface area contributed by atoms with Gasteiger partial charge in [0.15, 0.2) is 0 Å². The molecule has 1 aliphatic heterocycles. The summed E-state index contributed by atoms with van der Waals surface area (Å²) in [5, 5.41) is 3.58. The molecule has 0 radical (unpaired) electrons. The summed E-state index contributed by atoms with van der Waals surface area (Å²) in [7, 11) is 0. The molecule has 0 spiro atoms. The van der Waals surface area contributed by atoms with Crippen LogP contribution in [0.2, 0.25) is 0 Å². The van der Waals surface area contributed by atoms with E-state index in [4.69, 9.17) is 0 Å². The van der Waals surface area contributed by atoms with Gasteiger partial charge in [-0.25, -0.2) is 0 Å². The highest BCUT2D eigenvalue weighted by atomic mass is 15.2. The Hall–Kier alpha value is -0.0800. The summed E-state index contributed by atoms with van der Waals surface area (Å²) in [4.78, 5) is 2.60. The first-order valence-corrected chi connectivity index (χ1v) is 6.24. The van der Waals surface area contributed by atoms with Crippen LogP contribution in [0, 0.1) is 5.41 Å². The lowest BCUT2D eigenvalue weighted by atomic mass is 9.75. The van der Waals surface area contributed by atoms with E-state index < -0.39 is 0 Å². The Morgan fingerprint density at radius 3 is 2.36 bits per heavy atom. The molecule has 1 saturated heterocycles. The molecule has 0 amide bonds. The minimum atomic E-state index is 0.680. The van der Waals surface area contributed by atoms with Crippen LogP contribution in [0.3, 0.4) is 0 Å². The topological polar surface area (TPSA) is 15.3 Å². The molecule has 0 aromatic carbocycles. The standard InChI is InChI=1S/C12H24N2/c1-3-12(4-2)9-14(10-12)8-7-13-11-5-6-11/h11,13H,3-10H2,1-2H3. The van der Waals surface area contributed by atoms with Gasteiger partial charge < -0.3 is 10.2 Å². The van der Waals surface area contributed by atoms with Crippen LogP contribution in [-0.2, 0) is 0 Å². The first-order valence-electron chi connectivity index (χ1n) is 6.24. The predicted octanol–water partition coefficient (Wildman–Crippen LogP) is 1.86. The van der Waals surface area contributed by atoms with Crippen molar-refractivity contribution in [1.82, 2.24) is 10.2 Å². The van der Waals surface area contributed by atoms with E-state index in [1.807, 2.05) is 0 Å². The maximum atomic E-state index is 3.58. The molecule has 1 saturated carbocycles. The van der Waals surface area contributed by atoms with Crippen LogP contribution < -0.4 is 5.32 Å². The molecule has 82 valence electrons. The van der Waals surface area contributed by atoms with E-state index in [1.54, 1.807) is 0 Å². The SMILES string of the molecule is CCC1(CC)CN(CCNC2CC2)C1. The van der Waals surface area contributed by atoms with Crippen molar-refractivity contribution < 1.29 is 0 Å². The summed E-state index contributed by atoms with van der Waals surface area (Å²) < 4.78 is 0. The van der Waals surface area contributed by atoms with Gasteiger partial charge in [-0.1, -0.05) is 13.8 Å². The summed E-state index contributed by atoms with van der Waals surface area (Å²) >= 11 is 0. The molecule has 0 aromatic heterocycles. The molecule has 0 aromatic rings. The summed E-state index contributed by atoms with van der Waals surface area (Å²) in [6.45, 7) is 9.82. The second-order valence-corrected chi connectivity index (χ2v) is 5.15. The van der Waals surface area contributed by atoms with Crippen molar-refractivity contribution in [3.8, 4) is 0 Å². The smallest absolute Gasteiger partial charge is 0.0107 e. The molecule has 0 unspecified atom stereocenters. The molecule has 2 nitrogen and oxygen atoms in total. The maximum absolute atomic E-state index is 3.58. The monoisotopic (exact) mass is 196 g/mol. The van der Waals surface area contributed by atoms with E-state index in [0.29, 0.717) is 5.41 Å². The van der Waals surface area contributed by atoms with Crippen LogP contribution in [0.15, 0.2) is 0 Å². The van der Waals surface area contributed by atoms with Crippen molar-refractivity contribution in [2.75, 3.05) is 26.2 Å². The molecule has 1 aliphatic carbocycles. The largest absolute Gasteiger partial charge is 0.313 e. The highest BCUT2D eigenvalue weighted by Crippen LogP contribution is 2.36. The predicted molar refractivity (Wildman–Crippen MR) is 60.5 cm³/mol. The van der Waals surface area contributed by atoms with Gasteiger partial charge >= 0.3 is 0 Å². The van der Waals surface area contributed by atoms with Crippen LogP contribution >= 0.6 is 0 Å². The average Bonchev–Trinajstić information content (AvgIpc) is 2.93. The summed E-state index contributed by atoms with van der Waals surface area (Å²) in [5.41, 5.74) is 0.680. The molecule has 1 N–H and O–H groups in total. The maximum Gasteiger partial charge on any atom is 0.0107 e. The van der Waals surface area contributed by atoms with Gasteiger partial charge in [0.1, 0.15) is 0 Å². The molecule has 0 atom stereocenters. The summed E-state index contributed by atoms with van der Waals surface area (Å²) in [6.07, 6.45) is 5.54. The fourth-order valence-corrected chi connectivity index (χ4v) is 2.47. The van der Waals surface area contributed by atoms with Gasteiger partial charge in [0, 0.05) is 32.2 Å². The lowest BCUT2D eigenvalue weighted by Gasteiger charge is -2.50. The van der Waals surface area contributed by atoms with Crippen molar-refractivity contribution in [2.24, 2.45) is 5.41 Å². The van der Waals surface area contributed by atoms with Gasteiger partial charge in [0.05, 0.1) is 0 Å². The molecular weight excluding hydrogens is 172 g/mol. The Bertz CT molecular complexity index is 175. The Labute approximate surface area is 88.1 Å². The Kier molecular flexibility index (Phi) is 3.13. The van der Waals surface area contributed by atoms with Crippen LogP contribution in [-0.4, -0.2) is 37.1 Å². The van der Waals surface area contributed by atoms with Crippen molar-refractivity contribution in [2.45, 2.75) is 45.6 Å². The Morgan fingerprint density at radius 2 is 1.86 bits per heavy atom. The third-order valence-corrected chi connectivity index (χ3v) is 4.06. The van der Waals surface area contributed by atoms with Crippen LogP contribution in [0.25, 0.3) is 0 Å². The highest BCUT2D eigenvalue weighted by Gasteiger charge is 2.39. The summed E-state index contributed by atoms with van der Waals surface area (Å²) in [5.74, 6) is 0. The Morgan fingerprint density at radius 1 is 1.21 bits per heavy atom. The van der Waals surface area contributed by atoms with Gasteiger partial charge in [-0.3, -0.25) is 0 Å². The lowest BCUT2D eigenvalue weighted by Crippen LogP contribution is -2.57. The number of likely N-dealkylation sites (tertiary alicyclic amines) is 1. The van der Waals surface area contributed by atoms with Crippen LogP contribution in [0.5, 0.6) is 0 Å². The first kappa shape index (κ1) is 10.4. The van der Waals surface area contributed by atoms with E-state index >= 15 is 0 Å². The first-order chi connectivity index (χ1) is 6.78. The van der Waals surface area contributed by atoms with Gasteiger partial charge in [0.25, 0.3) is 0 Å². The van der Waals surface area contributed by atoms with E-state index in [9.17, 15) is 0 Å². The zero-order valence-corrected chi connectivity index (χ0v) is 9.68. The third-order valence-electron chi connectivity index (χ3n) is 4.06. The number of nitrogens with one attached hydrogen (secondary N) is 1. The van der Waals surface area contributed by atoms with Crippen molar-refractivity contribution in [3.05, 3.63) is 0 Å². The summed E-state index contributed by atoms with van der Waals surface area (Å²) in [6, 6.07) is 0.874. The minimum Gasteiger partial charge on any atom is -0.313 e. The number of hydrogen-bond donors (Lipinski definition) is 1. The molecule has 0 bridgehead atoms. The van der Waals surface area contributed by atoms with E-state index in [0.717, 1.165) is 6.04 Å². The quantitative estimate of drug-likeness (QED) is 0.697. The normalized spacial score (nSPS) is 26.1. The van der Waals surface area contributed by atoms with Gasteiger partial charge in [0.2, 0.25) is 0 Å². The zero-order valence-electron chi connectivity index (χ0n) is 9.68. The molecule has 2 rings (SSSR count). The number of hydrogen-bond acceptors (Lipinski definition) is 2. The van der Waals surface area contributed by atoms with Gasteiger partial charge in [-0.2, -0.15) is 0 Å². The second kappa shape index (κ2) is 4.19. The van der Waals surface area contributed by atoms with Crippen molar-refractivity contribution in [1.29, 1.82) is 0 Å². The molecule has 1 heterocycles. The molecule has 14 heavy (non-hydrogen) atoms. The minimum absolute atomic E-state index is 0.680. The van der Waals surface area contributed by atoms with Gasteiger partial charge in [-0.15, -0.1) is 0 Å². The number of rotatable bonds is 6. The second-order valence-electron chi connectivity index (χ2n) is 5.15. The van der Waals surface area contributed by atoms with E-state index in [-0.39, 0.29) is 0 Å². The Balaban J connectivity index is 1.57. The molecule has 2 aliphatic rings. The molecule has 2 fully saturated rings. The van der Waals surface area contributed by atoms with Gasteiger partial charge in [-0.05, 0) is 31.1 Å². The fraction of sp³-hybridized carbons (Fsp3) is 1.00. The molecular formula is C12H24N2. The zero-order chi connectivity index (χ0) is 10.0. The van der Waals surface area contributed by atoms with Crippen LogP contribution in [0.4, 0.5) is 0 Å². The van der Waals surface area contributed by atoms with E-state index in [1.165, 1.54) is 51.9 Å². The van der Waals surface area contributed by atoms with Crippen molar-refractivity contribution >= 4 is 0 Å². The van der Waals surface area contributed by atoms with Crippen molar-refractivity contribution in [3.63, 3.8) is 0 Å². The average molecular weight is 196 g/mol. The lowest BCUT2D eigenvalue weighted by molar-refractivity contribution is -0.00468. The molecule has 2 heteroatoms. The number of nitrogens with zero attached hydrogens (tertiary/aromatic N) is 1. The van der Waals surface area contributed by atoms with E-state index in [2.05, 4.69) is 24.1 Å².